The van der Waals surface area contributed by atoms with Crippen molar-refractivity contribution in [3.8, 4) is 0 Å². The van der Waals surface area contributed by atoms with Gasteiger partial charge in [-0.25, -0.2) is 0 Å². The van der Waals surface area contributed by atoms with Gasteiger partial charge in [0.15, 0.2) is 0 Å². The van der Waals surface area contributed by atoms with Crippen LogP contribution < -0.4 is 11.1 Å². The molecule has 0 bridgehead atoms. The van der Waals surface area contributed by atoms with E-state index < -0.39 is 0 Å². The number of amides is 1. The maximum atomic E-state index is 12.2. The van der Waals surface area contributed by atoms with E-state index >= 15 is 0 Å². The van der Waals surface area contributed by atoms with Crippen LogP contribution in [0.3, 0.4) is 0 Å². The number of hydrogen-bond donors (Lipinski definition) is 2. The van der Waals surface area contributed by atoms with Crippen LogP contribution in [0.25, 0.3) is 0 Å². The third kappa shape index (κ3) is 2.72. The highest BCUT2D eigenvalue weighted by Gasteiger charge is 2.24. The predicted molar refractivity (Wildman–Crippen MR) is 73.6 cm³/mol. The van der Waals surface area contributed by atoms with Gasteiger partial charge in [0.2, 0.25) is 0 Å². The molecule has 1 aliphatic rings. The molecule has 1 fully saturated rings. The summed E-state index contributed by atoms with van der Waals surface area (Å²) in [6, 6.07) is 6.18. The van der Waals surface area contributed by atoms with Crippen LogP contribution in [-0.2, 0) is 0 Å². The summed E-state index contributed by atoms with van der Waals surface area (Å²) in [5.74, 6) is 0.475. The molecule has 1 saturated carbocycles. The lowest BCUT2D eigenvalue weighted by molar-refractivity contribution is 0.0945. The fourth-order valence-electron chi connectivity index (χ4n) is 2.80. The highest BCUT2D eigenvalue weighted by atomic mass is 16.1. The minimum absolute atomic E-state index is 0.0321. The Bertz CT molecular complexity index is 422. The molecular weight excluding hydrogens is 224 g/mol. The molecule has 3 heteroatoms. The molecule has 2 unspecified atom stereocenters. The van der Waals surface area contributed by atoms with E-state index in [1.165, 1.54) is 6.42 Å². The maximum Gasteiger partial charge on any atom is 0.251 e. The quantitative estimate of drug-likeness (QED) is 0.858. The molecule has 1 amide bonds. The Labute approximate surface area is 109 Å². The SMILES string of the molecule is Cc1cccc(C)c1C(=O)NCC1CCCC1N. The van der Waals surface area contributed by atoms with Gasteiger partial charge in [0.05, 0.1) is 0 Å². The topological polar surface area (TPSA) is 55.1 Å². The van der Waals surface area contributed by atoms with E-state index in [0.717, 1.165) is 29.5 Å². The van der Waals surface area contributed by atoms with Crippen molar-refractivity contribution in [1.29, 1.82) is 0 Å². The molecule has 0 aliphatic heterocycles. The Hall–Kier alpha value is -1.35. The van der Waals surface area contributed by atoms with Gasteiger partial charge in [-0.3, -0.25) is 4.79 Å². The average molecular weight is 246 g/mol. The largest absolute Gasteiger partial charge is 0.352 e. The molecule has 1 aliphatic carbocycles. The summed E-state index contributed by atoms with van der Waals surface area (Å²) in [7, 11) is 0. The Morgan fingerprint density at radius 2 is 2.00 bits per heavy atom. The van der Waals surface area contributed by atoms with Crippen LogP contribution in [0, 0.1) is 19.8 Å². The van der Waals surface area contributed by atoms with Gasteiger partial charge in [-0.15, -0.1) is 0 Å². The van der Waals surface area contributed by atoms with Gasteiger partial charge in [-0.1, -0.05) is 24.6 Å². The van der Waals surface area contributed by atoms with Crippen molar-refractivity contribution >= 4 is 5.91 Å². The van der Waals surface area contributed by atoms with E-state index in [9.17, 15) is 4.79 Å². The number of benzene rings is 1. The van der Waals surface area contributed by atoms with E-state index in [0.29, 0.717) is 12.5 Å². The number of nitrogens with two attached hydrogens (primary N) is 1. The van der Waals surface area contributed by atoms with E-state index in [2.05, 4.69) is 5.32 Å². The number of carbonyl (C=O) groups excluding carboxylic acids is 1. The van der Waals surface area contributed by atoms with Gasteiger partial charge in [0.1, 0.15) is 0 Å². The van der Waals surface area contributed by atoms with E-state index in [1.54, 1.807) is 0 Å². The van der Waals surface area contributed by atoms with E-state index in [-0.39, 0.29) is 11.9 Å². The maximum absolute atomic E-state index is 12.2. The van der Waals surface area contributed by atoms with Crippen LogP contribution in [0.5, 0.6) is 0 Å². The fourth-order valence-corrected chi connectivity index (χ4v) is 2.80. The first-order valence-electron chi connectivity index (χ1n) is 6.69. The lowest BCUT2D eigenvalue weighted by atomic mass is 10.0. The first-order valence-corrected chi connectivity index (χ1v) is 6.69. The van der Waals surface area contributed by atoms with Crippen molar-refractivity contribution in [3.63, 3.8) is 0 Å². The lowest BCUT2D eigenvalue weighted by Crippen LogP contribution is -2.36. The number of rotatable bonds is 3. The van der Waals surface area contributed by atoms with Gasteiger partial charge in [-0.05, 0) is 43.7 Å². The van der Waals surface area contributed by atoms with Gasteiger partial charge >= 0.3 is 0 Å². The highest BCUT2D eigenvalue weighted by Crippen LogP contribution is 2.23. The molecule has 98 valence electrons. The van der Waals surface area contributed by atoms with E-state index in [4.69, 9.17) is 5.73 Å². The third-order valence-electron chi connectivity index (χ3n) is 3.95. The first-order chi connectivity index (χ1) is 8.59. The Kier molecular flexibility index (Phi) is 4.02. The first kappa shape index (κ1) is 13.1. The predicted octanol–water partition coefficient (Wildman–Crippen LogP) is 2.16. The molecule has 0 heterocycles. The Morgan fingerprint density at radius 3 is 2.56 bits per heavy atom. The second-order valence-corrected chi connectivity index (χ2v) is 5.33. The van der Waals surface area contributed by atoms with Crippen LogP contribution >= 0.6 is 0 Å². The van der Waals surface area contributed by atoms with Crippen molar-refractivity contribution in [3.05, 3.63) is 34.9 Å². The summed E-state index contributed by atoms with van der Waals surface area (Å²) in [5.41, 5.74) is 8.88. The molecule has 1 aromatic rings. The van der Waals surface area contributed by atoms with Crippen molar-refractivity contribution in [1.82, 2.24) is 5.32 Å². The van der Waals surface area contributed by atoms with Crippen molar-refractivity contribution in [2.24, 2.45) is 11.7 Å². The summed E-state index contributed by atoms with van der Waals surface area (Å²) < 4.78 is 0. The Balaban J connectivity index is 1.99. The molecule has 18 heavy (non-hydrogen) atoms. The summed E-state index contributed by atoms with van der Waals surface area (Å²) in [5, 5.41) is 3.03. The van der Waals surface area contributed by atoms with Crippen LogP contribution in [0.1, 0.15) is 40.7 Å². The van der Waals surface area contributed by atoms with Crippen LogP contribution in [0.2, 0.25) is 0 Å². The van der Waals surface area contributed by atoms with Gasteiger partial charge in [0.25, 0.3) is 5.91 Å². The molecule has 0 saturated heterocycles. The highest BCUT2D eigenvalue weighted by molar-refractivity contribution is 5.97. The monoisotopic (exact) mass is 246 g/mol. The molecule has 2 rings (SSSR count). The molecule has 1 aromatic carbocycles. The summed E-state index contributed by atoms with van der Waals surface area (Å²) >= 11 is 0. The molecule has 0 radical (unpaired) electrons. The fraction of sp³-hybridized carbons (Fsp3) is 0.533. The normalized spacial score (nSPS) is 23.1. The third-order valence-corrected chi connectivity index (χ3v) is 3.95. The van der Waals surface area contributed by atoms with E-state index in [1.807, 2.05) is 32.0 Å². The zero-order valence-electron chi connectivity index (χ0n) is 11.2. The molecule has 2 atom stereocenters. The van der Waals surface area contributed by atoms with Crippen LogP contribution in [0.4, 0.5) is 0 Å². The molecule has 0 aromatic heterocycles. The van der Waals surface area contributed by atoms with Crippen molar-refractivity contribution in [2.75, 3.05) is 6.54 Å². The Morgan fingerprint density at radius 1 is 1.33 bits per heavy atom. The van der Waals surface area contributed by atoms with Crippen LogP contribution in [0.15, 0.2) is 18.2 Å². The molecule has 3 N–H and O–H groups in total. The standard InChI is InChI=1S/C15H22N2O/c1-10-5-3-6-11(2)14(10)15(18)17-9-12-7-4-8-13(12)16/h3,5-6,12-13H,4,7-9,16H2,1-2H3,(H,17,18). The lowest BCUT2D eigenvalue weighted by Gasteiger charge is -2.17. The van der Waals surface area contributed by atoms with Gasteiger partial charge in [0, 0.05) is 18.2 Å². The number of nitrogens with one attached hydrogen (secondary N) is 1. The molecule has 0 spiro atoms. The molecule has 3 nitrogen and oxygen atoms in total. The number of hydrogen-bond acceptors (Lipinski definition) is 2. The minimum Gasteiger partial charge on any atom is -0.352 e. The number of carbonyl (C=O) groups is 1. The van der Waals surface area contributed by atoms with Crippen LogP contribution in [-0.4, -0.2) is 18.5 Å². The van der Waals surface area contributed by atoms with Gasteiger partial charge in [-0.2, -0.15) is 0 Å². The second kappa shape index (κ2) is 5.53. The second-order valence-electron chi connectivity index (χ2n) is 5.33. The number of aryl methyl sites for hydroxylation is 2. The zero-order valence-corrected chi connectivity index (χ0v) is 11.2. The summed E-state index contributed by atoms with van der Waals surface area (Å²) in [4.78, 5) is 12.2. The van der Waals surface area contributed by atoms with Crippen molar-refractivity contribution < 1.29 is 4.79 Å². The summed E-state index contributed by atoms with van der Waals surface area (Å²) in [6.07, 6.45) is 3.41. The van der Waals surface area contributed by atoms with Gasteiger partial charge < -0.3 is 11.1 Å². The summed E-state index contributed by atoms with van der Waals surface area (Å²) in [6.45, 7) is 4.65. The molecular formula is C15H22N2O. The minimum atomic E-state index is 0.0321. The zero-order chi connectivity index (χ0) is 13.1. The smallest absolute Gasteiger partial charge is 0.251 e. The average Bonchev–Trinajstić information content (AvgIpc) is 2.72. The van der Waals surface area contributed by atoms with Crippen molar-refractivity contribution in [2.45, 2.75) is 39.2 Å².